The fourth-order valence-corrected chi connectivity index (χ4v) is 2.56. The number of halogens is 2. The predicted molar refractivity (Wildman–Crippen MR) is 94.2 cm³/mol. The Hall–Kier alpha value is -2.50. The van der Waals surface area contributed by atoms with E-state index in [1.165, 1.54) is 6.08 Å². The van der Waals surface area contributed by atoms with Gasteiger partial charge in [-0.15, -0.1) is 0 Å². The van der Waals surface area contributed by atoms with Crippen molar-refractivity contribution in [3.63, 3.8) is 0 Å². The fraction of sp³-hybridized carbons (Fsp3) is 0.0588. The number of hydrogen-bond donors (Lipinski definition) is 1. The van der Waals surface area contributed by atoms with Crippen LogP contribution in [-0.2, 0) is 11.3 Å². The molecule has 0 saturated carbocycles. The van der Waals surface area contributed by atoms with Gasteiger partial charge in [-0.2, -0.15) is 5.10 Å². The van der Waals surface area contributed by atoms with Crippen LogP contribution in [0, 0.1) is 0 Å². The third kappa shape index (κ3) is 4.07. The molecule has 0 saturated heterocycles. The Morgan fingerprint density at radius 2 is 2.17 bits per heavy atom. The summed E-state index contributed by atoms with van der Waals surface area (Å²) in [5.74, 6) is 0.886. The van der Waals surface area contributed by atoms with E-state index >= 15 is 0 Å². The number of anilines is 1. The Balaban J connectivity index is 1.70. The molecule has 2 aromatic heterocycles. The Morgan fingerprint density at radius 3 is 2.92 bits per heavy atom. The minimum atomic E-state index is -0.282. The van der Waals surface area contributed by atoms with Gasteiger partial charge in [0.05, 0.1) is 19.0 Å². The first-order chi connectivity index (χ1) is 11.6. The van der Waals surface area contributed by atoms with Gasteiger partial charge in [0.25, 0.3) is 0 Å². The summed E-state index contributed by atoms with van der Waals surface area (Å²) in [7, 11) is 0. The number of furan rings is 1. The summed E-state index contributed by atoms with van der Waals surface area (Å²) < 4.78 is 6.78. The smallest absolute Gasteiger partial charge is 0.249 e. The zero-order chi connectivity index (χ0) is 16.9. The van der Waals surface area contributed by atoms with Gasteiger partial charge in [0.2, 0.25) is 5.91 Å². The van der Waals surface area contributed by atoms with E-state index < -0.39 is 0 Å². The normalized spacial score (nSPS) is 11.1. The SMILES string of the molecule is O=C(/C=C/c1ccco1)Nc1ccnn1Cc1ccc(Cl)cc1Cl. The number of rotatable bonds is 5. The summed E-state index contributed by atoms with van der Waals surface area (Å²) in [6.45, 7) is 0.417. The summed E-state index contributed by atoms with van der Waals surface area (Å²) >= 11 is 12.1. The quantitative estimate of drug-likeness (QED) is 0.681. The molecule has 3 aromatic rings. The minimum Gasteiger partial charge on any atom is -0.465 e. The van der Waals surface area contributed by atoms with Crippen molar-refractivity contribution in [1.82, 2.24) is 9.78 Å². The maximum atomic E-state index is 12.0. The van der Waals surface area contributed by atoms with Gasteiger partial charge in [0.1, 0.15) is 11.6 Å². The number of carbonyl (C=O) groups is 1. The van der Waals surface area contributed by atoms with Gasteiger partial charge in [-0.25, -0.2) is 4.68 Å². The number of aromatic nitrogens is 2. The van der Waals surface area contributed by atoms with Crippen molar-refractivity contribution in [1.29, 1.82) is 0 Å². The average Bonchev–Trinajstić information content (AvgIpc) is 3.20. The Kier molecular flexibility index (Phi) is 5.03. The molecule has 5 nitrogen and oxygen atoms in total. The van der Waals surface area contributed by atoms with Crippen LogP contribution in [0.3, 0.4) is 0 Å². The van der Waals surface area contributed by atoms with Gasteiger partial charge in [-0.05, 0) is 35.9 Å². The van der Waals surface area contributed by atoms with E-state index in [2.05, 4.69) is 10.4 Å². The van der Waals surface area contributed by atoms with Crippen LogP contribution in [0.25, 0.3) is 6.08 Å². The monoisotopic (exact) mass is 361 g/mol. The predicted octanol–water partition coefficient (Wildman–Crippen LogP) is 4.48. The summed E-state index contributed by atoms with van der Waals surface area (Å²) in [6, 6.07) is 10.5. The van der Waals surface area contributed by atoms with Crippen LogP contribution in [0.2, 0.25) is 10.0 Å². The molecule has 0 radical (unpaired) electrons. The second-order valence-electron chi connectivity index (χ2n) is 4.95. The largest absolute Gasteiger partial charge is 0.465 e. The summed E-state index contributed by atoms with van der Waals surface area (Å²) in [5, 5.41) is 8.09. The average molecular weight is 362 g/mol. The summed E-state index contributed by atoms with van der Waals surface area (Å²) in [6.07, 6.45) is 6.13. The van der Waals surface area contributed by atoms with Crippen LogP contribution in [0.1, 0.15) is 11.3 Å². The van der Waals surface area contributed by atoms with Crippen LogP contribution in [0.15, 0.2) is 59.4 Å². The second kappa shape index (κ2) is 7.38. The fourth-order valence-electron chi connectivity index (χ4n) is 2.09. The molecule has 2 heterocycles. The van der Waals surface area contributed by atoms with Gasteiger partial charge in [0, 0.05) is 22.2 Å². The van der Waals surface area contributed by atoms with E-state index in [1.807, 2.05) is 6.07 Å². The molecule has 122 valence electrons. The van der Waals surface area contributed by atoms with Gasteiger partial charge in [-0.3, -0.25) is 4.79 Å². The molecule has 0 aliphatic carbocycles. The highest BCUT2D eigenvalue weighted by Gasteiger charge is 2.08. The lowest BCUT2D eigenvalue weighted by atomic mass is 10.2. The van der Waals surface area contributed by atoms with Crippen LogP contribution in [0.5, 0.6) is 0 Å². The molecular weight excluding hydrogens is 349 g/mol. The number of hydrogen-bond acceptors (Lipinski definition) is 3. The lowest BCUT2D eigenvalue weighted by Gasteiger charge is -2.09. The maximum absolute atomic E-state index is 12.0. The minimum absolute atomic E-state index is 0.282. The van der Waals surface area contributed by atoms with Crippen LogP contribution < -0.4 is 5.32 Å². The molecule has 1 aromatic carbocycles. The molecule has 0 atom stereocenters. The van der Waals surface area contributed by atoms with Crippen LogP contribution >= 0.6 is 23.2 Å². The van der Waals surface area contributed by atoms with E-state index in [-0.39, 0.29) is 5.91 Å². The number of amides is 1. The highest BCUT2D eigenvalue weighted by molar-refractivity contribution is 6.35. The highest BCUT2D eigenvalue weighted by atomic mass is 35.5. The van der Waals surface area contributed by atoms with Gasteiger partial charge in [-0.1, -0.05) is 29.3 Å². The molecule has 1 N–H and O–H groups in total. The van der Waals surface area contributed by atoms with Crippen molar-refractivity contribution in [2.45, 2.75) is 6.54 Å². The molecule has 0 spiro atoms. The number of nitrogens with one attached hydrogen (secondary N) is 1. The van der Waals surface area contributed by atoms with Crippen molar-refractivity contribution in [3.05, 3.63) is 76.3 Å². The number of carbonyl (C=O) groups excluding carboxylic acids is 1. The maximum Gasteiger partial charge on any atom is 0.249 e. The molecule has 0 fully saturated rings. The molecular formula is C17H13Cl2N3O2. The molecule has 0 aliphatic heterocycles. The van der Waals surface area contributed by atoms with E-state index in [9.17, 15) is 4.79 Å². The molecule has 0 unspecified atom stereocenters. The van der Waals surface area contributed by atoms with Crippen LogP contribution in [0.4, 0.5) is 5.82 Å². The zero-order valence-corrected chi connectivity index (χ0v) is 14.0. The summed E-state index contributed by atoms with van der Waals surface area (Å²) in [5.41, 5.74) is 0.853. The molecule has 0 aliphatic rings. The second-order valence-corrected chi connectivity index (χ2v) is 5.79. The molecule has 0 bridgehead atoms. The topological polar surface area (TPSA) is 60.1 Å². The van der Waals surface area contributed by atoms with Gasteiger partial charge >= 0.3 is 0 Å². The van der Waals surface area contributed by atoms with Gasteiger partial charge < -0.3 is 9.73 Å². The van der Waals surface area contributed by atoms with Crippen molar-refractivity contribution < 1.29 is 9.21 Å². The molecule has 3 rings (SSSR count). The first-order valence-corrected chi connectivity index (χ1v) is 7.86. The molecule has 1 amide bonds. The lowest BCUT2D eigenvalue weighted by Crippen LogP contribution is -2.13. The number of benzene rings is 1. The zero-order valence-electron chi connectivity index (χ0n) is 12.4. The van der Waals surface area contributed by atoms with E-state index in [0.29, 0.717) is 28.2 Å². The standard InChI is InChI=1S/C17H13Cl2N3O2/c18-13-4-3-12(15(19)10-13)11-22-16(7-8-20-22)21-17(23)6-5-14-2-1-9-24-14/h1-10H,11H2,(H,21,23)/b6-5+. The van der Waals surface area contributed by atoms with E-state index in [0.717, 1.165) is 5.56 Å². The Morgan fingerprint density at radius 1 is 1.29 bits per heavy atom. The first-order valence-electron chi connectivity index (χ1n) is 7.10. The van der Waals surface area contributed by atoms with E-state index in [1.54, 1.807) is 53.5 Å². The highest BCUT2D eigenvalue weighted by Crippen LogP contribution is 2.22. The summed E-state index contributed by atoms with van der Waals surface area (Å²) in [4.78, 5) is 12.0. The molecule has 24 heavy (non-hydrogen) atoms. The van der Waals surface area contributed by atoms with Crippen molar-refractivity contribution >= 4 is 41.0 Å². The number of nitrogens with zero attached hydrogens (tertiary/aromatic N) is 2. The Labute approximate surface area is 148 Å². The lowest BCUT2D eigenvalue weighted by molar-refractivity contribution is -0.111. The van der Waals surface area contributed by atoms with Crippen molar-refractivity contribution in [2.75, 3.05) is 5.32 Å². The third-order valence-electron chi connectivity index (χ3n) is 3.25. The molecule has 7 heteroatoms. The van der Waals surface area contributed by atoms with Crippen LogP contribution in [-0.4, -0.2) is 15.7 Å². The van der Waals surface area contributed by atoms with Gasteiger partial charge in [0.15, 0.2) is 0 Å². The third-order valence-corrected chi connectivity index (χ3v) is 3.83. The van der Waals surface area contributed by atoms with E-state index in [4.69, 9.17) is 27.6 Å². The first kappa shape index (κ1) is 16.4. The van der Waals surface area contributed by atoms with Crippen molar-refractivity contribution in [3.8, 4) is 0 Å². The van der Waals surface area contributed by atoms with Crippen molar-refractivity contribution in [2.24, 2.45) is 0 Å². The Bertz CT molecular complexity index is 870.